The van der Waals surface area contributed by atoms with Crippen molar-refractivity contribution in [3.05, 3.63) is 64.7 Å². The average Bonchev–Trinajstić information content (AvgIpc) is 2.73. The molecule has 6 nitrogen and oxygen atoms in total. The smallest absolute Gasteiger partial charge is 0.387 e. The molecule has 32 heavy (non-hydrogen) atoms. The molecule has 166 valence electrons. The lowest BCUT2D eigenvalue weighted by atomic mass is 9.89. The standard InChI is InChI=1S/C21H15Cl2F3N4O2/c1-2-17(31)30-7-10(8-30)11-5-12-15(6-16(11)32-21(25)26)27-9-28-20(12)29-14-4-3-13(22)18(23)19(14)24/h2-6,9-10,21H,1,7-8H2,(H,27,28,29). The van der Waals surface area contributed by atoms with Crippen LogP contribution in [0.25, 0.3) is 10.9 Å². The number of nitrogens with one attached hydrogen (secondary N) is 1. The molecule has 11 heteroatoms. The first-order valence-corrected chi connectivity index (χ1v) is 10.1. The number of alkyl halides is 2. The van der Waals surface area contributed by atoms with Crippen LogP contribution in [-0.4, -0.2) is 40.5 Å². The van der Waals surface area contributed by atoms with Gasteiger partial charge in [-0.2, -0.15) is 8.78 Å². The van der Waals surface area contributed by atoms with Gasteiger partial charge in [-0.05, 0) is 24.3 Å². The number of hydrogen-bond donors (Lipinski definition) is 1. The molecule has 1 aliphatic heterocycles. The van der Waals surface area contributed by atoms with Gasteiger partial charge in [0, 0.05) is 36.0 Å². The van der Waals surface area contributed by atoms with Crippen molar-refractivity contribution in [1.82, 2.24) is 14.9 Å². The Balaban J connectivity index is 1.75. The van der Waals surface area contributed by atoms with E-state index in [0.29, 0.717) is 29.6 Å². The molecule has 1 fully saturated rings. The topological polar surface area (TPSA) is 67.4 Å². The third kappa shape index (κ3) is 4.18. The number of hydrogen-bond acceptors (Lipinski definition) is 5. The Morgan fingerprint density at radius 3 is 2.72 bits per heavy atom. The lowest BCUT2D eigenvalue weighted by molar-refractivity contribution is -0.130. The number of rotatable bonds is 6. The second-order valence-electron chi connectivity index (χ2n) is 7.00. The van der Waals surface area contributed by atoms with E-state index in [0.717, 1.165) is 0 Å². The van der Waals surface area contributed by atoms with Gasteiger partial charge in [0.1, 0.15) is 17.9 Å². The van der Waals surface area contributed by atoms with E-state index >= 15 is 0 Å². The van der Waals surface area contributed by atoms with E-state index in [1.807, 2.05) is 0 Å². The highest BCUT2D eigenvalue weighted by molar-refractivity contribution is 6.42. The zero-order valence-electron chi connectivity index (χ0n) is 16.3. The molecule has 1 amide bonds. The minimum Gasteiger partial charge on any atom is -0.434 e. The van der Waals surface area contributed by atoms with Gasteiger partial charge in [0.25, 0.3) is 0 Å². The molecule has 0 bridgehead atoms. The van der Waals surface area contributed by atoms with Gasteiger partial charge in [0.2, 0.25) is 5.91 Å². The molecule has 0 aliphatic carbocycles. The second-order valence-corrected chi connectivity index (χ2v) is 7.79. The predicted octanol–water partition coefficient (Wildman–Crippen LogP) is 5.53. The molecule has 3 aromatic rings. The Hall–Kier alpha value is -3.04. The van der Waals surface area contributed by atoms with E-state index in [1.54, 1.807) is 6.07 Å². The number of halogens is 5. The number of anilines is 2. The van der Waals surface area contributed by atoms with Crippen LogP contribution in [-0.2, 0) is 4.79 Å². The number of carbonyl (C=O) groups excluding carboxylic acids is 1. The van der Waals surface area contributed by atoms with Crippen LogP contribution in [0, 0.1) is 5.82 Å². The Morgan fingerprint density at radius 2 is 2.03 bits per heavy atom. The van der Waals surface area contributed by atoms with E-state index in [4.69, 9.17) is 27.9 Å². The summed E-state index contributed by atoms with van der Waals surface area (Å²) in [7, 11) is 0. The van der Waals surface area contributed by atoms with Crippen LogP contribution in [0.4, 0.5) is 24.7 Å². The largest absolute Gasteiger partial charge is 0.434 e. The number of aromatic nitrogens is 2. The first-order valence-electron chi connectivity index (χ1n) is 9.33. The lowest BCUT2D eigenvalue weighted by Gasteiger charge is -2.39. The van der Waals surface area contributed by atoms with Crippen molar-refractivity contribution < 1.29 is 22.7 Å². The molecule has 0 spiro atoms. The normalized spacial score (nSPS) is 13.9. The molecule has 0 atom stereocenters. The molecule has 4 rings (SSSR count). The Bertz CT molecular complexity index is 1220. The minimum atomic E-state index is -3.04. The van der Waals surface area contributed by atoms with Crippen LogP contribution in [0.5, 0.6) is 5.75 Å². The van der Waals surface area contributed by atoms with Gasteiger partial charge in [-0.15, -0.1) is 0 Å². The van der Waals surface area contributed by atoms with Crippen LogP contribution in [0.2, 0.25) is 10.0 Å². The number of likely N-dealkylation sites (tertiary alicyclic amines) is 1. The van der Waals surface area contributed by atoms with Crippen LogP contribution in [0.1, 0.15) is 11.5 Å². The monoisotopic (exact) mass is 482 g/mol. The highest BCUT2D eigenvalue weighted by atomic mass is 35.5. The summed E-state index contributed by atoms with van der Waals surface area (Å²) in [6, 6.07) is 5.80. The van der Waals surface area contributed by atoms with Crippen LogP contribution in [0.15, 0.2) is 43.2 Å². The van der Waals surface area contributed by atoms with Crippen molar-refractivity contribution >= 4 is 51.5 Å². The molecular formula is C21H15Cl2F3N4O2. The third-order valence-corrected chi connectivity index (χ3v) is 5.86. The van der Waals surface area contributed by atoms with Gasteiger partial charge in [0.05, 0.1) is 21.2 Å². The molecule has 1 aromatic heterocycles. The van der Waals surface area contributed by atoms with Crippen LogP contribution >= 0.6 is 23.2 Å². The number of benzene rings is 2. The fourth-order valence-corrected chi connectivity index (χ4v) is 3.76. The summed E-state index contributed by atoms with van der Waals surface area (Å²) in [5.74, 6) is -1.07. The van der Waals surface area contributed by atoms with Crippen molar-refractivity contribution in [2.45, 2.75) is 12.5 Å². The number of nitrogens with zero attached hydrogens (tertiary/aromatic N) is 3. The van der Waals surface area contributed by atoms with E-state index in [9.17, 15) is 18.0 Å². The highest BCUT2D eigenvalue weighted by Crippen LogP contribution is 2.39. The minimum absolute atomic E-state index is 0.0280. The van der Waals surface area contributed by atoms with Gasteiger partial charge >= 0.3 is 6.61 Å². The highest BCUT2D eigenvalue weighted by Gasteiger charge is 2.33. The first-order chi connectivity index (χ1) is 15.3. The van der Waals surface area contributed by atoms with Crippen LogP contribution in [0.3, 0.4) is 0 Å². The van der Waals surface area contributed by atoms with Gasteiger partial charge in [-0.1, -0.05) is 29.8 Å². The number of carbonyl (C=O) groups is 1. The molecule has 0 radical (unpaired) electrons. The Labute approximate surface area is 190 Å². The van der Waals surface area contributed by atoms with Gasteiger partial charge in [0.15, 0.2) is 5.82 Å². The maximum absolute atomic E-state index is 14.5. The summed E-state index contributed by atoms with van der Waals surface area (Å²) in [6.07, 6.45) is 2.40. The van der Waals surface area contributed by atoms with Crippen molar-refractivity contribution in [2.24, 2.45) is 0 Å². The summed E-state index contributed by atoms with van der Waals surface area (Å²) in [5, 5.41) is 3.10. The quantitative estimate of drug-likeness (QED) is 0.369. The summed E-state index contributed by atoms with van der Waals surface area (Å²) in [5.41, 5.74) is 0.791. The molecule has 2 aromatic carbocycles. The maximum atomic E-state index is 14.5. The maximum Gasteiger partial charge on any atom is 0.387 e. The Kier molecular flexibility index (Phi) is 6.12. The molecule has 0 saturated carbocycles. The van der Waals surface area contributed by atoms with Crippen LogP contribution < -0.4 is 10.1 Å². The van der Waals surface area contributed by atoms with Crippen molar-refractivity contribution in [3.8, 4) is 5.75 Å². The third-order valence-electron chi connectivity index (χ3n) is 5.08. The van der Waals surface area contributed by atoms with Crippen molar-refractivity contribution in [2.75, 3.05) is 18.4 Å². The zero-order chi connectivity index (χ0) is 23.0. The van der Waals surface area contributed by atoms with Gasteiger partial charge in [-0.3, -0.25) is 4.79 Å². The fraction of sp³-hybridized carbons (Fsp3) is 0.190. The van der Waals surface area contributed by atoms with Crippen molar-refractivity contribution in [3.63, 3.8) is 0 Å². The first kappa shape index (κ1) is 22.2. The van der Waals surface area contributed by atoms with Gasteiger partial charge in [-0.25, -0.2) is 14.4 Å². The number of fused-ring (bicyclic) bond motifs is 1. The number of amides is 1. The molecule has 2 heterocycles. The lowest BCUT2D eigenvalue weighted by Crippen LogP contribution is -2.47. The van der Waals surface area contributed by atoms with Gasteiger partial charge < -0.3 is 15.0 Å². The fourth-order valence-electron chi connectivity index (χ4n) is 3.45. The van der Waals surface area contributed by atoms with E-state index in [1.165, 1.54) is 35.5 Å². The SMILES string of the molecule is C=CC(=O)N1CC(c2cc3c(Nc4ccc(Cl)c(Cl)c4F)ncnc3cc2OC(F)F)C1. The predicted molar refractivity (Wildman–Crippen MR) is 115 cm³/mol. The second kappa shape index (κ2) is 8.84. The molecule has 0 unspecified atom stereocenters. The summed E-state index contributed by atoms with van der Waals surface area (Å²) in [6.45, 7) is 1.03. The Morgan fingerprint density at radius 1 is 1.28 bits per heavy atom. The molecule has 1 saturated heterocycles. The average molecular weight is 483 g/mol. The zero-order valence-corrected chi connectivity index (χ0v) is 17.8. The number of ether oxygens (including phenoxy) is 1. The molecular weight excluding hydrogens is 468 g/mol. The molecule has 1 N–H and O–H groups in total. The van der Waals surface area contributed by atoms with E-state index in [2.05, 4.69) is 21.9 Å². The van der Waals surface area contributed by atoms with E-state index < -0.39 is 12.4 Å². The summed E-state index contributed by atoms with van der Waals surface area (Å²) >= 11 is 11.7. The van der Waals surface area contributed by atoms with E-state index in [-0.39, 0.29) is 39.1 Å². The van der Waals surface area contributed by atoms with Crippen molar-refractivity contribution in [1.29, 1.82) is 0 Å². The summed E-state index contributed by atoms with van der Waals surface area (Å²) in [4.78, 5) is 21.6. The summed E-state index contributed by atoms with van der Waals surface area (Å²) < 4.78 is 45.3. The molecule has 1 aliphatic rings.